The number of hydrogen-bond donors (Lipinski definition) is 0. The molecule has 1 aliphatic rings. The van der Waals surface area contributed by atoms with Gasteiger partial charge in [-0.3, -0.25) is 0 Å². The van der Waals surface area contributed by atoms with Crippen molar-refractivity contribution in [2.45, 2.75) is 32.5 Å². The van der Waals surface area contributed by atoms with Crippen molar-refractivity contribution in [3.63, 3.8) is 0 Å². The molecule has 0 saturated carbocycles. The molecule has 0 bridgehead atoms. The third-order valence-corrected chi connectivity index (χ3v) is 3.62. The fraction of sp³-hybridized carbons (Fsp3) is 0.500. The van der Waals surface area contributed by atoms with Gasteiger partial charge in [0.1, 0.15) is 0 Å². The number of anilines is 1. The first-order valence-electron chi connectivity index (χ1n) is 6.04. The molecule has 1 saturated heterocycles. The highest BCUT2D eigenvalue weighted by molar-refractivity contribution is 9.10. The van der Waals surface area contributed by atoms with Crippen LogP contribution >= 0.6 is 15.9 Å². The molecule has 1 heterocycles. The molecule has 1 unspecified atom stereocenters. The minimum absolute atomic E-state index is 0.148. The maximum absolute atomic E-state index is 8.88. The molecule has 1 aromatic rings. The van der Waals surface area contributed by atoms with E-state index in [1.54, 1.807) is 0 Å². The third kappa shape index (κ3) is 2.85. The summed E-state index contributed by atoms with van der Waals surface area (Å²) in [6.45, 7) is 8.02. The summed E-state index contributed by atoms with van der Waals surface area (Å²) in [7, 11) is 0. The van der Waals surface area contributed by atoms with Gasteiger partial charge in [0.2, 0.25) is 0 Å². The number of halogens is 1. The topological polar surface area (TPSA) is 36.3 Å². The summed E-state index contributed by atoms with van der Waals surface area (Å²) >= 11 is 3.55. The number of morpholine rings is 1. The van der Waals surface area contributed by atoms with Crippen LogP contribution in [0.25, 0.3) is 0 Å². The van der Waals surface area contributed by atoms with E-state index >= 15 is 0 Å². The van der Waals surface area contributed by atoms with Gasteiger partial charge in [-0.1, -0.05) is 0 Å². The van der Waals surface area contributed by atoms with Crippen LogP contribution < -0.4 is 4.90 Å². The van der Waals surface area contributed by atoms with Gasteiger partial charge in [-0.2, -0.15) is 5.26 Å². The molecule has 3 nitrogen and oxygen atoms in total. The molecule has 1 atom stereocenters. The van der Waals surface area contributed by atoms with Crippen molar-refractivity contribution >= 4 is 21.6 Å². The molecule has 1 fully saturated rings. The van der Waals surface area contributed by atoms with Crippen LogP contribution in [0.2, 0.25) is 0 Å². The zero-order chi connectivity index (χ0) is 13.3. The second kappa shape index (κ2) is 4.91. The van der Waals surface area contributed by atoms with Gasteiger partial charge in [-0.05, 0) is 54.9 Å². The van der Waals surface area contributed by atoms with Crippen molar-refractivity contribution in [2.24, 2.45) is 0 Å². The lowest BCUT2D eigenvalue weighted by Crippen LogP contribution is -2.52. The summed E-state index contributed by atoms with van der Waals surface area (Å²) < 4.78 is 6.87. The molecule has 0 radical (unpaired) electrons. The Labute approximate surface area is 116 Å². The van der Waals surface area contributed by atoms with Crippen molar-refractivity contribution in [3.8, 4) is 6.07 Å². The Bertz CT molecular complexity index is 493. The summed E-state index contributed by atoms with van der Waals surface area (Å²) in [5.41, 5.74) is 1.65. The van der Waals surface area contributed by atoms with Crippen LogP contribution in [-0.2, 0) is 4.74 Å². The Balaban J connectivity index is 2.29. The van der Waals surface area contributed by atoms with Crippen molar-refractivity contribution < 1.29 is 4.74 Å². The highest BCUT2D eigenvalue weighted by atomic mass is 79.9. The monoisotopic (exact) mass is 308 g/mol. The van der Waals surface area contributed by atoms with E-state index in [-0.39, 0.29) is 11.7 Å². The number of hydrogen-bond acceptors (Lipinski definition) is 3. The first-order chi connectivity index (χ1) is 8.41. The quantitative estimate of drug-likeness (QED) is 0.798. The molecular weight excluding hydrogens is 292 g/mol. The molecule has 1 aliphatic heterocycles. The fourth-order valence-electron chi connectivity index (χ4n) is 2.47. The van der Waals surface area contributed by atoms with E-state index < -0.39 is 0 Å². The molecule has 1 aromatic carbocycles. The first-order valence-corrected chi connectivity index (χ1v) is 6.83. The molecule has 0 amide bonds. The molecular formula is C14H17BrN2O. The van der Waals surface area contributed by atoms with Gasteiger partial charge in [0.15, 0.2) is 0 Å². The smallest absolute Gasteiger partial charge is 0.0992 e. The average Bonchev–Trinajstić information content (AvgIpc) is 2.25. The van der Waals surface area contributed by atoms with Gasteiger partial charge in [-0.25, -0.2) is 0 Å². The number of ether oxygens (including phenoxy) is 1. The van der Waals surface area contributed by atoms with E-state index in [9.17, 15) is 0 Å². The van der Waals surface area contributed by atoms with Gasteiger partial charge in [0.25, 0.3) is 0 Å². The highest BCUT2D eigenvalue weighted by Crippen LogP contribution is 2.32. The standard InChI is InChI=1S/C14H17BrN2O/c1-10-8-17(9-14(2,3)18-10)13-5-4-11(7-16)6-12(13)15/h4-6,10H,8-9H2,1-3H3. The molecule has 2 rings (SSSR count). The number of nitriles is 1. The first kappa shape index (κ1) is 13.4. The second-order valence-corrected chi connectivity index (χ2v) is 6.20. The Morgan fingerprint density at radius 1 is 1.50 bits per heavy atom. The molecule has 96 valence electrons. The predicted molar refractivity (Wildman–Crippen MR) is 75.7 cm³/mol. The summed E-state index contributed by atoms with van der Waals surface area (Å²) in [6.07, 6.45) is 0.205. The molecule has 0 aromatic heterocycles. The zero-order valence-electron chi connectivity index (χ0n) is 10.9. The lowest BCUT2D eigenvalue weighted by atomic mass is 10.0. The Morgan fingerprint density at radius 2 is 2.22 bits per heavy atom. The summed E-state index contributed by atoms with van der Waals surface area (Å²) in [4.78, 5) is 2.30. The number of benzene rings is 1. The van der Waals surface area contributed by atoms with E-state index in [0.29, 0.717) is 5.56 Å². The van der Waals surface area contributed by atoms with Crippen LogP contribution in [0.1, 0.15) is 26.3 Å². The Hall–Kier alpha value is -1.05. The molecule has 0 spiro atoms. The molecule has 18 heavy (non-hydrogen) atoms. The van der Waals surface area contributed by atoms with E-state index in [0.717, 1.165) is 23.2 Å². The van der Waals surface area contributed by atoms with Gasteiger partial charge in [0, 0.05) is 17.6 Å². The molecule has 4 heteroatoms. The Kier molecular flexibility index (Phi) is 3.65. The van der Waals surface area contributed by atoms with Gasteiger partial charge in [0.05, 0.1) is 29.0 Å². The third-order valence-electron chi connectivity index (χ3n) is 2.99. The number of nitrogens with zero attached hydrogens (tertiary/aromatic N) is 2. The fourth-order valence-corrected chi connectivity index (χ4v) is 3.10. The minimum atomic E-state index is -0.148. The maximum Gasteiger partial charge on any atom is 0.0992 e. The lowest BCUT2D eigenvalue weighted by Gasteiger charge is -2.43. The van der Waals surface area contributed by atoms with E-state index in [1.807, 2.05) is 18.2 Å². The van der Waals surface area contributed by atoms with Crippen molar-refractivity contribution in [3.05, 3.63) is 28.2 Å². The molecule has 0 aliphatic carbocycles. The summed E-state index contributed by atoms with van der Waals surface area (Å²) in [5.74, 6) is 0. The highest BCUT2D eigenvalue weighted by Gasteiger charge is 2.32. The Morgan fingerprint density at radius 3 is 2.78 bits per heavy atom. The van der Waals surface area contributed by atoms with Crippen LogP contribution in [0, 0.1) is 11.3 Å². The minimum Gasteiger partial charge on any atom is -0.369 e. The van der Waals surface area contributed by atoms with Gasteiger partial charge in [-0.15, -0.1) is 0 Å². The van der Waals surface area contributed by atoms with Crippen LogP contribution in [-0.4, -0.2) is 24.8 Å². The van der Waals surface area contributed by atoms with Crippen LogP contribution in [0.5, 0.6) is 0 Å². The zero-order valence-corrected chi connectivity index (χ0v) is 12.5. The van der Waals surface area contributed by atoms with Crippen molar-refractivity contribution in [2.75, 3.05) is 18.0 Å². The SMILES string of the molecule is CC1CN(c2ccc(C#N)cc2Br)CC(C)(C)O1. The van der Waals surface area contributed by atoms with Crippen molar-refractivity contribution in [1.82, 2.24) is 0 Å². The van der Waals surface area contributed by atoms with Gasteiger partial charge >= 0.3 is 0 Å². The van der Waals surface area contributed by atoms with E-state index in [4.69, 9.17) is 10.00 Å². The van der Waals surface area contributed by atoms with Crippen LogP contribution in [0.3, 0.4) is 0 Å². The lowest BCUT2D eigenvalue weighted by molar-refractivity contribution is -0.0750. The summed E-state index contributed by atoms with van der Waals surface area (Å²) in [6, 6.07) is 7.86. The van der Waals surface area contributed by atoms with E-state index in [1.165, 1.54) is 0 Å². The van der Waals surface area contributed by atoms with Crippen molar-refractivity contribution in [1.29, 1.82) is 5.26 Å². The largest absolute Gasteiger partial charge is 0.369 e. The second-order valence-electron chi connectivity index (χ2n) is 5.35. The van der Waals surface area contributed by atoms with Gasteiger partial charge < -0.3 is 9.64 Å². The maximum atomic E-state index is 8.88. The normalized spacial score (nSPS) is 22.6. The number of rotatable bonds is 1. The van der Waals surface area contributed by atoms with Crippen LogP contribution in [0.4, 0.5) is 5.69 Å². The summed E-state index contributed by atoms with van der Waals surface area (Å²) in [5, 5.41) is 8.88. The molecule has 0 N–H and O–H groups in total. The average molecular weight is 309 g/mol. The predicted octanol–water partition coefficient (Wildman–Crippen LogP) is 3.32. The van der Waals surface area contributed by atoms with E-state index in [2.05, 4.69) is 47.7 Å². The van der Waals surface area contributed by atoms with Crippen LogP contribution in [0.15, 0.2) is 22.7 Å².